The molecule has 150 valence electrons. The van der Waals surface area contributed by atoms with Crippen LogP contribution in [0, 0.1) is 0 Å². The van der Waals surface area contributed by atoms with Crippen molar-refractivity contribution in [2.24, 2.45) is 0 Å². The lowest BCUT2D eigenvalue weighted by Gasteiger charge is -2.26. The highest BCUT2D eigenvalue weighted by Gasteiger charge is 2.46. The molecule has 0 saturated carbocycles. The lowest BCUT2D eigenvalue weighted by atomic mass is 10.4. The Labute approximate surface area is 181 Å². The third-order valence-corrected chi connectivity index (χ3v) is 10.4. The van der Waals surface area contributed by atoms with Crippen LogP contribution in [0.3, 0.4) is 0 Å². The van der Waals surface area contributed by atoms with Crippen LogP contribution >= 0.6 is 18.6 Å². The van der Waals surface area contributed by atoms with Gasteiger partial charge in [0.2, 0.25) is 0 Å². The van der Waals surface area contributed by atoms with Gasteiger partial charge in [0.05, 0.1) is 6.61 Å². The quantitative estimate of drug-likeness (QED) is 0.311. The van der Waals surface area contributed by atoms with Crippen molar-refractivity contribution in [3.8, 4) is 0 Å². The summed E-state index contributed by atoms with van der Waals surface area (Å²) in [5, 5.41) is 6.66. The molecule has 0 saturated heterocycles. The van der Waals surface area contributed by atoms with Crippen LogP contribution in [0.5, 0.6) is 0 Å². The second kappa shape index (κ2) is 9.34. The minimum absolute atomic E-state index is 0.348. The number of carbonyl (C=O) groups excluding carboxylic acids is 1. The summed E-state index contributed by atoms with van der Waals surface area (Å²) in [5.74, 6) is -0.358. The summed E-state index contributed by atoms with van der Waals surface area (Å²) < 4.78 is 5.14. The summed E-state index contributed by atoms with van der Waals surface area (Å²) in [6.45, 7) is 2.16. The molecule has 0 amide bonds. The van der Waals surface area contributed by atoms with E-state index in [0.717, 1.165) is 11.2 Å². The second-order valence-corrected chi connectivity index (χ2v) is 11.2. The van der Waals surface area contributed by atoms with Gasteiger partial charge in [0, 0.05) is 5.38 Å². The summed E-state index contributed by atoms with van der Waals surface area (Å²) in [5.41, 5.74) is 0.393. The summed E-state index contributed by atoms with van der Waals surface area (Å²) in [7, 11) is -2.01. The summed E-state index contributed by atoms with van der Waals surface area (Å²) in [6.07, 6.45) is 0.759. The molecule has 0 bridgehead atoms. The number of aromatic nitrogens is 1. The zero-order chi connectivity index (χ0) is 20.8. The number of esters is 1. The topological polar surface area (TPSA) is 39.2 Å². The van der Waals surface area contributed by atoms with E-state index in [4.69, 9.17) is 4.74 Å². The Hall–Kier alpha value is -2.81. The molecule has 30 heavy (non-hydrogen) atoms. The van der Waals surface area contributed by atoms with Crippen LogP contribution in [0.25, 0.3) is 0 Å². The smallest absolute Gasteiger partial charge is 0.357 e. The fraction of sp³-hybridized carbons (Fsp3) is 0.120. The first kappa shape index (κ1) is 20.5. The van der Waals surface area contributed by atoms with Gasteiger partial charge in [-0.2, -0.15) is 0 Å². The van der Waals surface area contributed by atoms with Gasteiger partial charge in [-0.1, -0.05) is 54.6 Å². The van der Waals surface area contributed by atoms with Crippen LogP contribution in [0.1, 0.15) is 22.4 Å². The van der Waals surface area contributed by atoms with Crippen LogP contribution in [0.15, 0.2) is 96.4 Å². The van der Waals surface area contributed by atoms with E-state index < -0.39 is 7.26 Å². The van der Waals surface area contributed by atoms with Gasteiger partial charge in [0.15, 0.2) is 5.69 Å². The van der Waals surface area contributed by atoms with Gasteiger partial charge in [-0.05, 0) is 43.3 Å². The molecular formula is C25H23NO2PS+. The van der Waals surface area contributed by atoms with E-state index in [2.05, 4.69) is 96.0 Å². The molecule has 1 aromatic heterocycles. The van der Waals surface area contributed by atoms with Gasteiger partial charge in [0.1, 0.15) is 34.3 Å². The molecule has 0 aliphatic heterocycles. The number of benzene rings is 3. The zero-order valence-corrected chi connectivity index (χ0v) is 18.5. The number of hydrogen-bond donors (Lipinski definition) is 0. The van der Waals surface area contributed by atoms with Gasteiger partial charge in [0.25, 0.3) is 0 Å². The number of ether oxygens (including phenoxy) is 1. The predicted molar refractivity (Wildman–Crippen MR) is 127 cm³/mol. The first-order valence-corrected chi connectivity index (χ1v) is 12.8. The largest absolute Gasteiger partial charge is 0.461 e. The normalized spacial score (nSPS) is 11.2. The average Bonchev–Trinajstić information content (AvgIpc) is 3.28. The standard InChI is InChI=1S/C25H23NO2PS/c1-2-28-25(27)23-19-30-24(26-23)18-29(20-12-6-3-7-13-20,21-14-8-4-9-15-21)22-16-10-5-11-17-22/h3-17,19H,2,18H2,1H3/q+1. The molecule has 4 aromatic rings. The third kappa shape index (κ3) is 4.07. The van der Waals surface area contributed by atoms with E-state index >= 15 is 0 Å². The fourth-order valence-corrected chi connectivity index (χ4v) is 9.04. The molecule has 5 heteroatoms. The summed E-state index contributed by atoms with van der Waals surface area (Å²) in [4.78, 5) is 16.8. The Morgan fingerprint density at radius 3 is 1.73 bits per heavy atom. The molecule has 3 aromatic carbocycles. The maximum atomic E-state index is 12.2. The van der Waals surface area contributed by atoms with Gasteiger partial charge in [-0.15, -0.1) is 11.3 Å². The molecule has 0 spiro atoms. The van der Waals surface area contributed by atoms with Crippen molar-refractivity contribution in [2.75, 3.05) is 6.61 Å². The monoisotopic (exact) mass is 432 g/mol. The molecule has 0 N–H and O–H groups in total. The van der Waals surface area contributed by atoms with E-state index in [9.17, 15) is 4.79 Å². The lowest BCUT2D eigenvalue weighted by Crippen LogP contribution is -2.32. The molecule has 1 heterocycles. The van der Waals surface area contributed by atoms with Gasteiger partial charge >= 0.3 is 5.97 Å². The van der Waals surface area contributed by atoms with E-state index in [1.165, 1.54) is 27.3 Å². The first-order valence-electron chi connectivity index (χ1n) is 9.90. The molecule has 0 aliphatic carbocycles. The number of carbonyl (C=O) groups is 1. The van der Waals surface area contributed by atoms with Gasteiger partial charge in [-0.25, -0.2) is 9.78 Å². The minimum atomic E-state index is -2.01. The second-order valence-electron chi connectivity index (χ2n) is 6.82. The summed E-state index contributed by atoms with van der Waals surface area (Å²) in [6, 6.07) is 32.0. The van der Waals surface area contributed by atoms with Crippen molar-refractivity contribution in [1.29, 1.82) is 0 Å². The molecule has 0 aliphatic rings. The van der Waals surface area contributed by atoms with E-state index in [-0.39, 0.29) is 5.97 Å². The lowest BCUT2D eigenvalue weighted by molar-refractivity contribution is 0.0520. The van der Waals surface area contributed by atoms with Crippen LogP contribution < -0.4 is 15.9 Å². The van der Waals surface area contributed by atoms with Crippen LogP contribution in [-0.2, 0) is 10.9 Å². The van der Waals surface area contributed by atoms with Crippen LogP contribution in [0.4, 0.5) is 0 Å². The van der Waals surface area contributed by atoms with E-state index in [1.54, 1.807) is 0 Å². The first-order chi connectivity index (χ1) is 14.7. The SMILES string of the molecule is CCOC(=O)c1csc(C[P+](c2ccccc2)(c2ccccc2)c2ccccc2)n1. The number of hydrogen-bond acceptors (Lipinski definition) is 4. The van der Waals surface area contributed by atoms with Crippen LogP contribution in [0.2, 0.25) is 0 Å². The highest BCUT2D eigenvalue weighted by molar-refractivity contribution is 7.95. The average molecular weight is 433 g/mol. The van der Waals surface area contributed by atoms with Crippen molar-refractivity contribution in [3.63, 3.8) is 0 Å². The Bertz CT molecular complexity index is 1000. The molecule has 0 fully saturated rings. The number of rotatable bonds is 7. The minimum Gasteiger partial charge on any atom is -0.461 e. The number of nitrogens with zero attached hydrogens (tertiary/aromatic N) is 1. The Kier molecular flexibility index (Phi) is 6.37. The molecule has 3 nitrogen and oxygen atoms in total. The maximum Gasteiger partial charge on any atom is 0.357 e. The molecule has 4 rings (SSSR count). The van der Waals surface area contributed by atoms with Gasteiger partial charge < -0.3 is 4.74 Å². The van der Waals surface area contributed by atoms with Crippen molar-refractivity contribution >= 4 is 40.5 Å². The molecule has 0 atom stereocenters. The molecule has 0 unspecified atom stereocenters. The van der Waals surface area contributed by atoms with Gasteiger partial charge in [-0.3, -0.25) is 0 Å². The van der Waals surface area contributed by atoms with E-state index in [1.807, 2.05) is 12.3 Å². The van der Waals surface area contributed by atoms with Crippen molar-refractivity contribution in [2.45, 2.75) is 13.1 Å². The Morgan fingerprint density at radius 2 is 1.30 bits per heavy atom. The highest BCUT2D eigenvalue weighted by atomic mass is 32.1. The van der Waals surface area contributed by atoms with Crippen molar-refractivity contribution in [1.82, 2.24) is 4.98 Å². The zero-order valence-electron chi connectivity index (χ0n) is 16.8. The Morgan fingerprint density at radius 1 is 0.833 bits per heavy atom. The third-order valence-electron chi connectivity index (χ3n) is 5.00. The molecular weight excluding hydrogens is 409 g/mol. The van der Waals surface area contributed by atoms with E-state index in [0.29, 0.717) is 12.3 Å². The van der Waals surface area contributed by atoms with Crippen LogP contribution in [-0.4, -0.2) is 17.6 Å². The number of thiazole rings is 1. The predicted octanol–water partition coefficient (Wildman–Crippen LogP) is 4.81. The maximum absolute atomic E-state index is 12.2. The Balaban J connectivity index is 1.88. The fourth-order valence-electron chi connectivity index (χ4n) is 3.65. The highest BCUT2D eigenvalue weighted by Crippen LogP contribution is 2.58. The molecule has 0 radical (unpaired) electrons. The van der Waals surface area contributed by atoms with Crippen molar-refractivity contribution in [3.05, 3.63) is 107 Å². The van der Waals surface area contributed by atoms with Crippen molar-refractivity contribution < 1.29 is 9.53 Å². The summed E-state index contributed by atoms with van der Waals surface area (Å²) >= 11 is 1.53.